The molecule has 6 aromatic carbocycles. The summed E-state index contributed by atoms with van der Waals surface area (Å²) in [6, 6.07) is 19.1. The monoisotopic (exact) mass is 742 g/mol. The van der Waals surface area contributed by atoms with Gasteiger partial charge in [-0.15, -0.1) is 69.1 Å². The zero-order chi connectivity index (χ0) is 28.9. The summed E-state index contributed by atoms with van der Waals surface area (Å²) < 4.78 is 133. The largest absolute Gasteiger partial charge is 4.00 e. The SMILES string of the molecule is Fc1c(F)c(F)c(-c2cc3ccccc3[cH-]2)c(F)c1F.Fc1c(F)c(F)c(-c2cc3ccccc3[cH-]2)c(F)c1F.[Hf+4]. The summed E-state index contributed by atoms with van der Waals surface area (Å²) in [6.07, 6.45) is 0. The summed E-state index contributed by atoms with van der Waals surface area (Å²) in [4.78, 5) is 0. The molecular weight excluding hydrogens is 729 g/mol. The van der Waals surface area contributed by atoms with E-state index in [0.29, 0.717) is 21.5 Å². The van der Waals surface area contributed by atoms with E-state index in [0.717, 1.165) is 0 Å². The third-order valence-corrected chi connectivity index (χ3v) is 6.23. The average Bonchev–Trinajstić information content (AvgIpc) is 3.57. The van der Waals surface area contributed by atoms with Crippen LogP contribution in [0.4, 0.5) is 43.9 Å². The molecule has 0 aliphatic heterocycles. The van der Waals surface area contributed by atoms with Gasteiger partial charge in [0.25, 0.3) is 0 Å². The maximum Gasteiger partial charge on any atom is 4.00 e. The van der Waals surface area contributed by atoms with Gasteiger partial charge in [-0.2, -0.15) is 0 Å². The molecule has 0 bridgehead atoms. The minimum Gasteiger partial charge on any atom is -0.212 e. The van der Waals surface area contributed by atoms with Crippen molar-refractivity contribution < 1.29 is 69.7 Å². The Hall–Kier alpha value is -3.73. The van der Waals surface area contributed by atoms with Gasteiger partial charge in [-0.25, -0.2) is 43.9 Å². The fourth-order valence-electron chi connectivity index (χ4n) is 4.31. The first-order chi connectivity index (χ1) is 19.0. The Morgan fingerprint density at radius 2 is 0.634 bits per heavy atom. The van der Waals surface area contributed by atoms with E-state index in [1.54, 1.807) is 48.5 Å². The zero-order valence-corrected chi connectivity index (χ0v) is 23.8. The fraction of sp³-hybridized carbons (Fsp3) is 0. The Morgan fingerprint density at radius 1 is 0.366 bits per heavy atom. The molecule has 0 atom stereocenters. The molecule has 0 heterocycles. The Labute approximate surface area is 244 Å². The smallest absolute Gasteiger partial charge is 0.212 e. The van der Waals surface area contributed by atoms with Crippen LogP contribution in [0.3, 0.4) is 0 Å². The van der Waals surface area contributed by atoms with Gasteiger partial charge < -0.3 is 0 Å². The second-order valence-corrected chi connectivity index (χ2v) is 8.64. The average molecular weight is 741 g/mol. The van der Waals surface area contributed by atoms with Crippen LogP contribution in [0.5, 0.6) is 0 Å². The van der Waals surface area contributed by atoms with Gasteiger partial charge in [-0.3, -0.25) is 0 Å². The molecule has 0 aliphatic carbocycles. The molecule has 11 heteroatoms. The van der Waals surface area contributed by atoms with Crippen LogP contribution < -0.4 is 0 Å². The fourth-order valence-corrected chi connectivity index (χ4v) is 4.31. The molecule has 0 N–H and O–H groups in total. The van der Waals surface area contributed by atoms with E-state index >= 15 is 0 Å². The standard InChI is InChI=1S/2C15H6F5.Hf/c2*16-11-10(12(17)14(19)15(20)13(11)18)9-5-7-3-1-2-4-8(7)6-9;/h2*1-6H;/q2*-1;+4. The van der Waals surface area contributed by atoms with Crippen LogP contribution in [-0.4, -0.2) is 0 Å². The first-order valence-corrected chi connectivity index (χ1v) is 11.4. The zero-order valence-electron chi connectivity index (χ0n) is 20.2. The molecular formula is C30H12F10Hf+2. The van der Waals surface area contributed by atoms with Crippen LogP contribution in [0.25, 0.3) is 43.8 Å². The van der Waals surface area contributed by atoms with E-state index in [9.17, 15) is 43.9 Å². The second kappa shape index (κ2) is 11.6. The van der Waals surface area contributed by atoms with Gasteiger partial charge >= 0.3 is 25.8 Å². The van der Waals surface area contributed by atoms with Gasteiger partial charge in [0, 0.05) is 0 Å². The van der Waals surface area contributed by atoms with E-state index in [-0.39, 0.29) is 37.0 Å². The van der Waals surface area contributed by atoms with Crippen molar-refractivity contribution in [2.24, 2.45) is 0 Å². The maximum absolute atomic E-state index is 13.7. The van der Waals surface area contributed by atoms with Gasteiger partial charge in [0.2, 0.25) is 0 Å². The summed E-state index contributed by atoms with van der Waals surface area (Å²) in [5, 5.41) is 2.63. The summed E-state index contributed by atoms with van der Waals surface area (Å²) in [5.74, 6) is -19.4. The predicted octanol–water partition coefficient (Wildman–Crippen LogP) is 9.84. The summed E-state index contributed by atoms with van der Waals surface area (Å²) >= 11 is 0. The van der Waals surface area contributed by atoms with E-state index in [2.05, 4.69) is 0 Å². The van der Waals surface area contributed by atoms with E-state index in [1.165, 1.54) is 24.3 Å². The minimum atomic E-state index is -2.15. The normalized spacial score (nSPS) is 11.0. The number of rotatable bonds is 2. The predicted molar refractivity (Wildman–Crippen MR) is 130 cm³/mol. The molecule has 0 aliphatic rings. The maximum atomic E-state index is 13.7. The number of benzene rings is 4. The van der Waals surface area contributed by atoms with E-state index < -0.39 is 69.3 Å². The molecule has 0 spiro atoms. The first-order valence-electron chi connectivity index (χ1n) is 11.4. The molecule has 41 heavy (non-hydrogen) atoms. The van der Waals surface area contributed by atoms with Crippen molar-refractivity contribution in [2.75, 3.05) is 0 Å². The van der Waals surface area contributed by atoms with Crippen LogP contribution in [0.1, 0.15) is 0 Å². The Bertz CT molecular complexity index is 1660. The van der Waals surface area contributed by atoms with Crippen molar-refractivity contribution in [3.05, 3.63) is 131 Å². The van der Waals surface area contributed by atoms with Gasteiger partial charge in [0.15, 0.2) is 34.9 Å². The summed E-state index contributed by atoms with van der Waals surface area (Å²) in [7, 11) is 0. The second-order valence-electron chi connectivity index (χ2n) is 8.64. The van der Waals surface area contributed by atoms with Crippen molar-refractivity contribution in [1.82, 2.24) is 0 Å². The topological polar surface area (TPSA) is 0 Å². The Morgan fingerprint density at radius 3 is 0.927 bits per heavy atom. The minimum absolute atomic E-state index is 0. The molecule has 0 unspecified atom stereocenters. The molecule has 6 aromatic rings. The van der Waals surface area contributed by atoms with Crippen LogP contribution in [0.15, 0.2) is 72.8 Å². The number of hydrogen-bond acceptors (Lipinski definition) is 0. The van der Waals surface area contributed by atoms with Gasteiger partial charge in [0.1, 0.15) is 23.3 Å². The van der Waals surface area contributed by atoms with Crippen molar-refractivity contribution in [1.29, 1.82) is 0 Å². The molecule has 0 saturated heterocycles. The van der Waals surface area contributed by atoms with E-state index in [4.69, 9.17) is 0 Å². The van der Waals surface area contributed by atoms with Crippen LogP contribution >= 0.6 is 0 Å². The van der Waals surface area contributed by atoms with E-state index in [1.807, 2.05) is 0 Å². The Balaban J connectivity index is 0.000000184. The molecule has 0 aromatic heterocycles. The molecule has 0 nitrogen and oxygen atoms in total. The quantitative estimate of drug-likeness (QED) is 0.0546. The van der Waals surface area contributed by atoms with Gasteiger partial charge in [0.05, 0.1) is 0 Å². The van der Waals surface area contributed by atoms with Crippen LogP contribution in [0.2, 0.25) is 0 Å². The van der Waals surface area contributed by atoms with Crippen molar-refractivity contribution >= 4 is 21.5 Å². The van der Waals surface area contributed by atoms with Crippen molar-refractivity contribution in [2.45, 2.75) is 0 Å². The number of halogens is 10. The summed E-state index contributed by atoms with van der Waals surface area (Å²) in [6.45, 7) is 0. The van der Waals surface area contributed by atoms with Crippen molar-refractivity contribution in [3.8, 4) is 22.3 Å². The third kappa shape index (κ3) is 5.23. The summed E-state index contributed by atoms with van der Waals surface area (Å²) in [5.41, 5.74) is -1.90. The van der Waals surface area contributed by atoms with Crippen molar-refractivity contribution in [3.63, 3.8) is 0 Å². The first kappa shape index (κ1) is 30.2. The molecule has 6 rings (SSSR count). The number of fused-ring (bicyclic) bond motifs is 2. The third-order valence-electron chi connectivity index (χ3n) is 6.23. The number of hydrogen-bond donors (Lipinski definition) is 0. The van der Waals surface area contributed by atoms with Crippen LogP contribution in [-0.2, 0) is 25.8 Å². The van der Waals surface area contributed by atoms with Crippen LogP contribution in [0, 0.1) is 58.2 Å². The van der Waals surface area contributed by atoms with Gasteiger partial charge in [-0.1, -0.05) is 36.4 Å². The Kier molecular flexibility index (Phi) is 8.58. The molecule has 0 amide bonds. The molecule has 0 saturated carbocycles. The molecule has 204 valence electrons. The molecule has 0 fully saturated rings. The van der Waals surface area contributed by atoms with Gasteiger partial charge in [-0.05, 0) is 11.1 Å². The molecule has 0 radical (unpaired) electrons.